The normalized spacial score (nSPS) is 10.4. The van der Waals surface area contributed by atoms with Gasteiger partial charge in [-0.15, -0.1) is 0 Å². The standard InChI is InChI=1S/C12H14FN5/c1-2-3-9-6-11(18-14)17-12(16-9)10-5-4-8(13)7-15-10/h4-7H,2-3,14H2,1H3,(H,16,17,18). The third-order valence-corrected chi connectivity index (χ3v) is 2.39. The van der Waals surface area contributed by atoms with Crippen LogP contribution >= 0.6 is 0 Å². The second-order valence-electron chi connectivity index (χ2n) is 3.82. The summed E-state index contributed by atoms with van der Waals surface area (Å²) in [6, 6.07) is 4.66. The molecule has 0 aromatic carbocycles. The maximum absolute atomic E-state index is 12.8. The number of nitrogens with one attached hydrogen (secondary N) is 1. The Bertz CT molecular complexity index is 526. The summed E-state index contributed by atoms with van der Waals surface area (Å²) in [6.07, 6.45) is 2.93. The lowest BCUT2D eigenvalue weighted by Crippen LogP contribution is -2.10. The number of nitrogens with two attached hydrogens (primary N) is 1. The number of aromatic nitrogens is 3. The molecule has 2 aromatic heterocycles. The number of hydrazine groups is 1. The topological polar surface area (TPSA) is 76.7 Å². The number of anilines is 1. The quantitative estimate of drug-likeness (QED) is 0.637. The van der Waals surface area contributed by atoms with Crippen molar-refractivity contribution in [1.29, 1.82) is 0 Å². The van der Waals surface area contributed by atoms with Crippen LogP contribution in [0.4, 0.5) is 10.2 Å². The first-order valence-electron chi connectivity index (χ1n) is 5.69. The summed E-state index contributed by atoms with van der Waals surface area (Å²) < 4.78 is 12.8. The molecule has 2 rings (SSSR count). The van der Waals surface area contributed by atoms with Crippen LogP contribution < -0.4 is 11.3 Å². The minimum Gasteiger partial charge on any atom is -0.308 e. The van der Waals surface area contributed by atoms with Gasteiger partial charge in [-0.1, -0.05) is 13.3 Å². The van der Waals surface area contributed by atoms with Gasteiger partial charge in [-0.3, -0.25) is 0 Å². The largest absolute Gasteiger partial charge is 0.308 e. The van der Waals surface area contributed by atoms with Gasteiger partial charge in [0.25, 0.3) is 0 Å². The first-order chi connectivity index (χ1) is 8.72. The highest BCUT2D eigenvalue weighted by Gasteiger charge is 2.07. The fraction of sp³-hybridized carbons (Fsp3) is 0.250. The molecule has 6 heteroatoms. The molecule has 2 aromatic rings. The SMILES string of the molecule is CCCc1cc(NN)nc(-c2ccc(F)cn2)n1. The van der Waals surface area contributed by atoms with Crippen molar-refractivity contribution in [1.82, 2.24) is 15.0 Å². The van der Waals surface area contributed by atoms with Gasteiger partial charge in [-0.2, -0.15) is 0 Å². The van der Waals surface area contributed by atoms with Crippen LogP contribution in [0.5, 0.6) is 0 Å². The van der Waals surface area contributed by atoms with E-state index < -0.39 is 0 Å². The molecule has 0 saturated heterocycles. The molecule has 2 heterocycles. The third kappa shape index (κ3) is 2.78. The molecule has 0 unspecified atom stereocenters. The van der Waals surface area contributed by atoms with Crippen molar-refractivity contribution in [2.24, 2.45) is 5.84 Å². The van der Waals surface area contributed by atoms with Crippen LogP contribution in [0.25, 0.3) is 11.5 Å². The monoisotopic (exact) mass is 247 g/mol. The highest BCUT2D eigenvalue weighted by Crippen LogP contribution is 2.16. The van der Waals surface area contributed by atoms with Crippen LogP contribution in [0.2, 0.25) is 0 Å². The first-order valence-corrected chi connectivity index (χ1v) is 5.69. The van der Waals surface area contributed by atoms with Crippen molar-refractivity contribution >= 4 is 5.82 Å². The fourth-order valence-electron chi connectivity index (χ4n) is 1.58. The van der Waals surface area contributed by atoms with E-state index in [9.17, 15) is 4.39 Å². The lowest BCUT2D eigenvalue weighted by molar-refractivity contribution is 0.621. The predicted octanol–water partition coefficient (Wildman–Crippen LogP) is 1.92. The van der Waals surface area contributed by atoms with Gasteiger partial charge in [-0.05, 0) is 18.6 Å². The van der Waals surface area contributed by atoms with Crippen LogP contribution in [0.15, 0.2) is 24.4 Å². The van der Waals surface area contributed by atoms with Gasteiger partial charge in [-0.25, -0.2) is 25.2 Å². The molecular formula is C12H14FN5. The van der Waals surface area contributed by atoms with E-state index in [1.807, 2.05) is 0 Å². The number of aryl methyl sites for hydroxylation is 1. The predicted molar refractivity (Wildman–Crippen MR) is 67.0 cm³/mol. The molecule has 5 nitrogen and oxygen atoms in total. The Labute approximate surface area is 104 Å². The number of hydrogen-bond donors (Lipinski definition) is 2. The van der Waals surface area contributed by atoms with Gasteiger partial charge in [0.2, 0.25) is 0 Å². The third-order valence-electron chi connectivity index (χ3n) is 2.39. The molecule has 0 atom stereocenters. The Morgan fingerprint density at radius 2 is 2.17 bits per heavy atom. The molecule has 0 aliphatic carbocycles. The maximum Gasteiger partial charge on any atom is 0.180 e. The first kappa shape index (κ1) is 12.4. The van der Waals surface area contributed by atoms with Crippen molar-refractivity contribution in [2.45, 2.75) is 19.8 Å². The van der Waals surface area contributed by atoms with E-state index in [0.29, 0.717) is 17.3 Å². The Balaban J connectivity index is 2.42. The number of hydrogen-bond acceptors (Lipinski definition) is 5. The Morgan fingerprint density at radius 3 is 2.78 bits per heavy atom. The van der Waals surface area contributed by atoms with Gasteiger partial charge < -0.3 is 5.43 Å². The lowest BCUT2D eigenvalue weighted by atomic mass is 10.2. The molecule has 0 spiro atoms. The molecule has 0 radical (unpaired) electrons. The fourth-order valence-corrected chi connectivity index (χ4v) is 1.58. The van der Waals surface area contributed by atoms with Crippen molar-refractivity contribution < 1.29 is 4.39 Å². The van der Waals surface area contributed by atoms with Crippen molar-refractivity contribution in [3.8, 4) is 11.5 Å². The molecule has 0 aliphatic heterocycles. The number of pyridine rings is 1. The molecule has 3 N–H and O–H groups in total. The maximum atomic E-state index is 12.8. The number of rotatable bonds is 4. The molecule has 0 amide bonds. The van der Waals surface area contributed by atoms with E-state index in [-0.39, 0.29) is 5.82 Å². The highest BCUT2D eigenvalue weighted by molar-refractivity contribution is 5.52. The smallest absolute Gasteiger partial charge is 0.180 e. The van der Waals surface area contributed by atoms with Crippen LogP contribution in [0, 0.1) is 5.82 Å². The second-order valence-corrected chi connectivity index (χ2v) is 3.82. The van der Waals surface area contributed by atoms with E-state index in [0.717, 1.165) is 24.7 Å². The minimum atomic E-state index is -0.388. The minimum absolute atomic E-state index is 0.388. The van der Waals surface area contributed by atoms with E-state index in [4.69, 9.17) is 5.84 Å². The zero-order valence-electron chi connectivity index (χ0n) is 10.0. The lowest BCUT2D eigenvalue weighted by Gasteiger charge is -2.06. The number of halogens is 1. The van der Waals surface area contributed by atoms with Crippen LogP contribution in [0.3, 0.4) is 0 Å². The summed E-state index contributed by atoms with van der Waals surface area (Å²) in [5.41, 5.74) is 3.89. The van der Waals surface area contributed by atoms with Gasteiger partial charge in [0.05, 0.1) is 6.20 Å². The van der Waals surface area contributed by atoms with Gasteiger partial charge in [0.1, 0.15) is 17.3 Å². The summed E-state index contributed by atoms with van der Waals surface area (Å²) in [4.78, 5) is 12.5. The number of nitrogen functional groups attached to an aromatic ring is 1. The zero-order valence-corrected chi connectivity index (χ0v) is 10.0. The summed E-state index contributed by atoms with van der Waals surface area (Å²) in [5.74, 6) is 5.94. The van der Waals surface area contributed by atoms with E-state index >= 15 is 0 Å². The number of nitrogens with zero attached hydrogens (tertiary/aromatic N) is 3. The van der Waals surface area contributed by atoms with Gasteiger partial charge >= 0.3 is 0 Å². The molecule has 94 valence electrons. The van der Waals surface area contributed by atoms with E-state index in [1.54, 1.807) is 12.1 Å². The Hall–Kier alpha value is -2.08. The Kier molecular flexibility index (Phi) is 3.78. The van der Waals surface area contributed by atoms with Crippen molar-refractivity contribution in [3.05, 3.63) is 35.9 Å². The van der Waals surface area contributed by atoms with Crippen LogP contribution in [-0.4, -0.2) is 15.0 Å². The van der Waals surface area contributed by atoms with E-state index in [1.165, 1.54) is 6.07 Å². The second kappa shape index (κ2) is 5.50. The summed E-state index contributed by atoms with van der Waals surface area (Å²) in [6.45, 7) is 2.06. The summed E-state index contributed by atoms with van der Waals surface area (Å²) in [7, 11) is 0. The average Bonchev–Trinajstić information content (AvgIpc) is 2.39. The molecule has 0 fully saturated rings. The molecule has 0 aliphatic rings. The van der Waals surface area contributed by atoms with Crippen LogP contribution in [0.1, 0.15) is 19.0 Å². The Morgan fingerprint density at radius 1 is 1.33 bits per heavy atom. The molecular weight excluding hydrogens is 233 g/mol. The molecule has 18 heavy (non-hydrogen) atoms. The molecule has 0 saturated carbocycles. The van der Waals surface area contributed by atoms with Gasteiger partial charge in [0, 0.05) is 11.8 Å². The summed E-state index contributed by atoms with van der Waals surface area (Å²) in [5, 5.41) is 0. The van der Waals surface area contributed by atoms with Crippen LogP contribution in [-0.2, 0) is 6.42 Å². The average molecular weight is 247 g/mol. The molecule has 0 bridgehead atoms. The van der Waals surface area contributed by atoms with Crippen molar-refractivity contribution in [2.75, 3.05) is 5.43 Å². The van der Waals surface area contributed by atoms with E-state index in [2.05, 4.69) is 27.3 Å². The summed E-state index contributed by atoms with van der Waals surface area (Å²) >= 11 is 0. The highest BCUT2D eigenvalue weighted by atomic mass is 19.1. The van der Waals surface area contributed by atoms with Crippen molar-refractivity contribution in [3.63, 3.8) is 0 Å². The zero-order chi connectivity index (χ0) is 13.0. The van der Waals surface area contributed by atoms with Gasteiger partial charge in [0.15, 0.2) is 5.82 Å².